The first-order chi connectivity index (χ1) is 10.8. The van der Waals surface area contributed by atoms with Crippen LogP contribution in [0.25, 0.3) is 21.8 Å². The number of fused-ring (bicyclic) bond motifs is 2. The molecule has 10 nitrogen and oxygen atoms in total. The van der Waals surface area contributed by atoms with Gasteiger partial charge in [-0.15, -0.1) is 0 Å². The van der Waals surface area contributed by atoms with E-state index in [1.807, 2.05) is 36.4 Å². The number of rotatable bonds is 0. The molecule has 14 N–H and O–H groups in total. The van der Waals surface area contributed by atoms with E-state index in [2.05, 4.69) is 9.97 Å². The van der Waals surface area contributed by atoms with Crippen molar-refractivity contribution in [3.8, 4) is 11.5 Å². The van der Waals surface area contributed by atoms with E-state index in [4.69, 9.17) is 0 Å². The van der Waals surface area contributed by atoms with Crippen LogP contribution in [0.5, 0.6) is 11.5 Å². The van der Waals surface area contributed by atoms with E-state index in [9.17, 15) is 10.2 Å². The van der Waals surface area contributed by atoms with Crippen LogP contribution >= 0.6 is 0 Å². The van der Waals surface area contributed by atoms with E-state index in [1.54, 1.807) is 36.7 Å². The molecule has 3 radical (unpaired) electrons. The molecule has 0 spiro atoms. The Kier molecular flexibility index (Phi) is 36.1. The number of aromatic nitrogens is 2. The molecule has 13 heteroatoms. The number of hydrogen-bond donors (Lipinski definition) is 2. The molecule has 4 rings (SSSR count). The van der Waals surface area contributed by atoms with Crippen LogP contribution in [0.15, 0.2) is 73.1 Å². The number of pyridine rings is 2. The van der Waals surface area contributed by atoms with Gasteiger partial charge in [0.1, 0.15) is 22.5 Å². The number of phenols is 2. The minimum absolute atomic E-state index is 0. The normalized spacial score (nSPS) is 7.23. The predicted octanol–water partition coefficient (Wildman–Crippen LogP) is -1.07. The number of para-hydroxylation sites is 2. The van der Waals surface area contributed by atoms with Crippen molar-refractivity contribution >= 4 is 21.8 Å². The molecule has 0 amide bonds. The summed E-state index contributed by atoms with van der Waals surface area (Å²) in [7, 11) is 0. The number of benzene rings is 2. The van der Waals surface area contributed by atoms with Crippen molar-refractivity contribution in [2.45, 2.75) is 0 Å². The Bertz CT molecular complexity index is 863. The standard InChI is InChI=1S/2C9H7NO.3Ag.6H2O/c2*11-8-5-1-3-7-4-2-6-10-9(7)8;;;;;;;;;/h2*1-6,11H;;;;6*1H2. The Morgan fingerprint density at radius 3 is 1.03 bits per heavy atom. The zero-order valence-electron chi connectivity index (χ0n) is 15.6. The second-order valence-electron chi connectivity index (χ2n) is 4.70. The predicted molar refractivity (Wildman–Crippen MR) is 108 cm³/mol. The third-order valence-corrected chi connectivity index (χ3v) is 3.22. The molecule has 0 aliphatic rings. The van der Waals surface area contributed by atoms with Gasteiger partial charge in [0.2, 0.25) is 0 Å². The topological polar surface area (TPSA) is 255 Å². The molecule has 4 aromatic rings. The average Bonchev–Trinajstić information content (AvgIpc) is 2.57. The Hall–Kier alpha value is -1.16. The Balaban J connectivity index is -0.0000000576. The third-order valence-electron chi connectivity index (χ3n) is 3.22. The average molecular weight is 722 g/mol. The minimum Gasteiger partial charge on any atom is -0.506 e. The molecule has 2 aromatic heterocycles. The van der Waals surface area contributed by atoms with Crippen molar-refractivity contribution in [2.75, 3.05) is 0 Å². The number of hydrogen-bond acceptors (Lipinski definition) is 4. The molecule has 0 aliphatic heterocycles. The third kappa shape index (κ3) is 12.5. The maximum atomic E-state index is 9.31. The van der Waals surface area contributed by atoms with Gasteiger partial charge in [0.15, 0.2) is 0 Å². The number of nitrogens with zero attached hydrogens (tertiary/aromatic N) is 2. The van der Waals surface area contributed by atoms with Gasteiger partial charge in [0.25, 0.3) is 0 Å². The maximum absolute atomic E-state index is 9.31. The summed E-state index contributed by atoms with van der Waals surface area (Å²) in [5.41, 5.74) is 1.32. The van der Waals surface area contributed by atoms with Gasteiger partial charge < -0.3 is 43.1 Å². The first kappa shape index (κ1) is 47.6. The van der Waals surface area contributed by atoms with Crippen molar-refractivity contribution in [1.29, 1.82) is 0 Å². The maximum Gasteiger partial charge on any atom is 0.141 e. The Morgan fingerprint density at radius 2 is 0.742 bits per heavy atom. The molecular weight excluding hydrogens is 696 g/mol. The molecule has 2 aromatic carbocycles. The van der Waals surface area contributed by atoms with Crippen molar-refractivity contribution in [2.24, 2.45) is 0 Å². The fraction of sp³-hybridized carbons (Fsp3) is 0. The molecule has 189 valence electrons. The van der Waals surface area contributed by atoms with E-state index >= 15 is 0 Å². The number of phenolic OH excluding ortho intramolecular Hbond substituents is 2. The van der Waals surface area contributed by atoms with Crippen LogP contribution in [0.1, 0.15) is 0 Å². The largest absolute Gasteiger partial charge is 0.506 e. The van der Waals surface area contributed by atoms with Gasteiger partial charge in [-0.2, -0.15) is 0 Å². The monoisotopic (exact) mass is 719 g/mol. The summed E-state index contributed by atoms with van der Waals surface area (Å²) >= 11 is 0. The van der Waals surface area contributed by atoms with E-state index < -0.39 is 0 Å². The molecule has 0 bridgehead atoms. The fourth-order valence-electron chi connectivity index (χ4n) is 2.18. The van der Waals surface area contributed by atoms with Gasteiger partial charge in [-0.05, 0) is 24.3 Å². The molecule has 2 heterocycles. The first-order valence-corrected chi connectivity index (χ1v) is 6.81. The number of aromatic hydroxyl groups is 2. The molecule has 0 unspecified atom stereocenters. The van der Waals surface area contributed by atoms with Crippen molar-refractivity contribution in [3.05, 3.63) is 73.1 Å². The van der Waals surface area contributed by atoms with Gasteiger partial charge >= 0.3 is 0 Å². The molecular formula is C18H26Ag3N2O8. The second-order valence-corrected chi connectivity index (χ2v) is 4.70. The van der Waals surface area contributed by atoms with E-state index in [0.717, 1.165) is 10.8 Å². The first-order valence-electron chi connectivity index (χ1n) is 6.81. The Labute approximate surface area is 225 Å². The SMILES string of the molecule is O.O.O.O.O.O.Oc1cccc2cccnc12.Oc1cccc2cccnc12.[Ag].[Ag].[Ag]. The van der Waals surface area contributed by atoms with Gasteiger partial charge in [0.05, 0.1) is 0 Å². The van der Waals surface area contributed by atoms with Gasteiger partial charge in [-0.25, -0.2) is 0 Å². The summed E-state index contributed by atoms with van der Waals surface area (Å²) in [6, 6.07) is 18.3. The summed E-state index contributed by atoms with van der Waals surface area (Å²) in [6.45, 7) is 0. The molecule has 0 saturated heterocycles. The Morgan fingerprint density at radius 1 is 0.452 bits per heavy atom. The second kappa shape index (κ2) is 23.5. The smallest absolute Gasteiger partial charge is 0.141 e. The summed E-state index contributed by atoms with van der Waals surface area (Å²) < 4.78 is 0. The molecule has 31 heavy (non-hydrogen) atoms. The van der Waals surface area contributed by atoms with Gasteiger partial charge in [0, 0.05) is 90.3 Å². The summed E-state index contributed by atoms with van der Waals surface area (Å²) in [6.07, 6.45) is 3.34. The zero-order valence-corrected chi connectivity index (χ0v) is 20.1. The van der Waals surface area contributed by atoms with Crippen LogP contribution < -0.4 is 0 Å². The van der Waals surface area contributed by atoms with Crippen LogP contribution in [-0.4, -0.2) is 53.0 Å². The quantitative estimate of drug-likeness (QED) is 0.215. The zero-order chi connectivity index (χ0) is 15.4. The molecule has 0 saturated carbocycles. The summed E-state index contributed by atoms with van der Waals surface area (Å²) in [4.78, 5) is 8.06. The summed E-state index contributed by atoms with van der Waals surface area (Å²) in [5.74, 6) is 0.478. The van der Waals surface area contributed by atoms with E-state index in [0.29, 0.717) is 11.0 Å². The van der Waals surface area contributed by atoms with Crippen LogP contribution in [0, 0.1) is 0 Å². The van der Waals surface area contributed by atoms with Gasteiger partial charge in [-0.3, -0.25) is 9.97 Å². The van der Waals surface area contributed by atoms with Gasteiger partial charge in [-0.1, -0.05) is 36.4 Å². The summed E-state index contributed by atoms with van der Waals surface area (Å²) in [5, 5.41) is 20.5. The molecule has 0 atom stereocenters. The molecule has 0 aliphatic carbocycles. The van der Waals surface area contributed by atoms with Crippen LogP contribution in [0.4, 0.5) is 0 Å². The fourth-order valence-corrected chi connectivity index (χ4v) is 2.18. The van der Waals surface area contributed by atoms with Crippen LogP contribution in [0.3, 0.4) is 0 Å². The van der Waals surface area contributed by atoms with Crippen molar-refractivity contribution < 1.29 is 110 Å². The molecule has 0 fully saturated rings. The van der Waals surface area contributed by atoms with E-state index in [-0.39, 0.29) is 111 Å². The van der Waals surface area contributed by atoms with E-state index in [1.165, 1.54) is 0 Å². The minimum atomic E-state index is 0. The van der Waals surface area contributed by atoms with Crippen molar-refractivity contribution in [3.63, 3.8) is 0 Å². The van der Waals surface area contributed by atoms with Crippen LogP contribution in [0.2, 0.25) is 0 Å². The van der Waals surface area contributed by atoms with Crippen molar-refractivity contribution in [1.82, 2.24) is 9.97 Å². The van der Waals surface area contributed by atoms with Crippen LogP contribution in [-0.2, 0) is 67.1 Å².